The Bertz CT molecular complexity index is 621. The lowest BCUT2D eigenvalue weighted by atomic mass is 10.1. The zero-order valence-corrected chi connectivity index (χ0v) is 11.5. The van der Waals surface area contributed by atoms with E-state index in [2.05, 4.69) is 17.3 Å². The van der Waals surface area contributed by atoms with Crippen molar-refractivity contribution in [1.82, 2.24) is 9.78 Å². The molecule has 0 atom stereocenters. The number of anilines is 1. The number of hydrogen-bond donors (Lipinski definition) is 2. The van der Waals surface area contributed by atoms with Gasteiger partial charge >= 0.3 is 0 Å². The Balaban J connectivity index is 2.50. The van der Waals surface area contributed by atoms with Crippen LogP contribution in [0.4, 0.5) is 5.69 Å². The van der Waals surface area contributed by atoms with Crippen LogP contribution in [0.1, 0.15) is 23.0 Å². The largest absolute Gasteiger partial charge is 0.385 e. The van der Waals surface area contributed by atoms with E-state index in [1.165, 1.54) is 0 Å². The average molecular weight is 279 g/mol. The fraction of sp³-hybridized carbons (Fsp3) is 0.231. The molecule has 3 N–H and O–H groups in total. The first-order valence-electron chi connectivity index (χ1n) is 5.92. The fourth-order valence-corrected chi connectivity index (χ4v) is 2.11. The molecule has 19 heavy (non-hydrogen) atoms. The van der Waals surface area contributed by atoms with Crippen LogP contribution in [-0.4, -0.2) is 22.7 Å². The Morgan fingerprint density at radius 2 is 2.26 bits per heavy atom. The summed E-state index contributed by atoms with van der Waals surface area (Å²) in [6, 6.07) is 5.74. The maximum Gasteiger partial charge on any atom is 0.271 e. The molecule has 2 aromatic rings. The van der Waals surface area contributed by atoms with Crippen molar-refractivity contribution >= 4 is 23.2 Å². The average Bonchev–Trinajstić information content (AvgIpc) is 2.82. The Kier molecular flexibility index (Phi) is 3.76. The first kappa shape index (κ1) is 13.4. The number of aryl methyl sites for hydroxylation is 1. The van der Waals surface area contributed by atoms with Crippen LogP contribution in [-0.2, 0) is 6.42 Å². The van der Waals surface area contributed by atoms with Gasteiger partial charge in [0.05, 0.1) is 22.6 Å². The minimum atomic E-state index is -0.579. The number of carbonyl (C=O) groups excluding carboxylic acids is 1. The number of nitrogens with two attached hydrogens (primary N) is 1. The van der Waals surface area contributed by atoms with Crippen molar-refractivity contribution in [3.63, 3.8) is 0 Å². The second-order valence-electron chi connectivity index (χ2n) is 4.09. The van der Waals surface area contributed by atoms with Gasteiger partial charge in [0.15, 0.2) is 5.69 Å². The number of aromatic nitrogens is 2. The molecule has 6 heteroatoms. The summed E-state index contributed by atoms with van der Waals surface area (Å²) in [4.78, 5) is 11.3. The molecule has 0 fully saturated rings. The molecule has 1 aromatic heterocycles. The molecule has 1 amide bonds. The van der Waals surface area contributed by atoms with E-state index >= 15 is 0 Å². The Labute approximate surface area is 116 Å². The van der Waals surface area contributed by atoms with Gasteiger partial charge in [0, 0.05) is 7.05 Å². The number of nitrogens with zero attached hydrogens (tertiary/aromatic N) is 2. The molecule has 0 aliphatic heterocycles. The maximum absolute atomic E-state index is 11.3. The topological polar surface area (TPSA) is 72.9 Å². The Hall–Kier alpha value is -2.01. The lowest BCUT2D eigenvalue weighted by Gasteiger charge is -2.05. The lowest BCUT2D eigenvalue weighted by molar-refractivity contribution is 0.0996. The second kappa shape index (κ2) is 5.32. The third-order valence-corrected chi connectivity index (χ3v) is 3.19. The smallest absolute Gasteiger partial charge is 0.271 e. The van der Waals surface area contributed by atoms with Crippen LogP contribution in [0.2, 0.25) is 5.02 Å². The van der Waals surface area contributed by atoms with Crippen LogP contribution < -0.4 is 11.1 Å². The van der Waals surface area contributed by atoms with Crippen LogP contribution in [0.15, 0.2) is 24.4 Å². The van der Waals surface area contributed by atoms with Crippen LogP contribution in [0.5, 0.6) is 0 Å². The highest BCUT2D eigenvalue weighted by Crippen LogP contribution is 2.24. The molecule has 0 bridgehead atoms. The van der Waals surface area contributed by atoms with E-state index in [0.29, 0.717) is 16.4 Å². The van der Waals surface area contributed by atoms with Crippen LogP contribution in [0.25, 0.3) is 5.69 Å². The number of benzene rings is 1. The molecule has 0 aliphatic carbocycles. The number of halogens is 1. The van der Waals surface area contributed by atoms with Crippen molar-refractivity contribution in [2.24, 2.45) is 5.73 Å². The third-order valence-electron chi connectivity index (χ3n) is 2.88. The quantitative estimate of drug-likeness (QED) is 0.901. The van der Waals surface area contributed by atoms with Crippen molar-refractivity contribution in [1.29, 1.82) is 0 Å². The molecule has 2 rings (SSSR count). The Morgan fingerprint density at radius 3 is 2.74 bits per heavy atom. The molecule has 0 aliphatic rings. The summed E-state index contributed by atoms with van der Waals surface area (Å²) >= 11 is 6.23. The van der Waals surface area contributed by atoms with Gasteiger partial charge in [-0.05, 0) is 24.1 Å². The summed E-state index contributed by atoms with van der Waals surface area (Å²) < 4.78 is 1.55. The molecule has 5 nitrogen and oxygen atoms in total. The Morgan fingerprint density at radius 1 is 1.53 bits per heavy atom. The van der Waals surface area contributed by atoms with Gasteiger partial charge in [0.25, 0.3) is 5.91 Å². The van der Waals surface area contributed by atoms with E-state index in [1.54, 1.807) is 17.9 Å². The molecule has 1 aromatic carbocycles. The van der Waals surface area contributed by atoms with E-state index in [4.69, 9.17) is 17.3 Å². The van der Waals surface area contributed by atoms with Crippen molar-refractivity contribution in [3.05, 3.63) is 40.7 Å². The summed E-state index contributed by atoms with van der Waals surface area (Å²) in [6.07, 6.45) is 2.60. The molecule has 0 unspecified atom stereocenters. The molecule has 1 heterocycles. The van der Waals surface area contributed by atoms with Gasteiger partial charge in [-0.25, -0.2) is 4.68 Å². The standard InChI is InChI=1S/C13H15ClN4O/c1-3-8-4-5-11(9(14)6-8)18-7-10(16-2)12(17-18)13(15)19/h4-7,16H,3H2,1-2H3,(H2,15,19). The van der Waals surface area contributed by atoms with Crippen LogP contribution in [0.3, 0.4) is 0 Å². The summed E-state index contributed by atoms with van der Waals surface area (Å²) in [5, 5.41) is 7.63. The molecule has 0 saturated carbocycles. The van der Waals surface area contributed by atoms with Crippen molar-refractivity contribution in [2.45, 2.75) is 13.3 Å². The van der Waals surface area contributed by atoms with Crippen LogP contribution in [0, 0.1) is 0 Å². The molecule has 100 valence electrons. The predicted octanol–water partition coefficient (Wildman–Crippen LogP) is 2.23. The van der Waals surface area contributed by atoms with Crippen molar-refractivity contribution in [3.8, 4) is 5.69 Å². The van der Waals surface area contributed by atoms with Crippen molar-refractivity contribution in [2.75, 3.05) is 12.4 Å². The molecule has 0 spiro atoms. The van der Waals surface area contributed by atoms with Gasteiger partial charge in [-0.15, -0.1) is 0 Å². The predicted molar refractivity (Wildman–Crippen MR) is 76.0 cm³/mol. The normalized spacial score (nSPS) is 10.5. The molecular formula is C13H15ClN4O. The van der Waals surface area contributed by atoms with Crippen molar-refractivity contribution < 1.29 is 4.79 Å². The molecule has 0 radical (unpaired) electrons. The maximum atomic E-state index is 11.3. The van der Waals surface area contributed by atoms with E-state index in [0.717, 1.165) is 12.0 Å². The SMILES string of the molecule is CCc1ccc(-n2cc(NC)c(C(N)=O)n2)c(Cl)c1. The van der Waals surface area contributed by atoms with E-state index in [1.807, 2.05) is 18.2 Å². The number of rotatable bonds is 4. The summed E-state index contributed by atoms with van der Waals surface area (Å²) in [7, 11) is 1.70. The van der Waals surface area contributed by atoms with Gasteiger partial charge in [0.1, 0.15) is 0 Å². The minimum absolute atomic E-state index is 0.193. The summed E-state index contributed by atoms with van der Waals surface area (Å²) in [6.45, 7) is 2.06. The van der Waals surface area contributed by atoms with Gasteiger partial charge in [-0.2, -0.15) is 5.10 Å². The zero-order chi connectivity index (χ0) is 14.0. The number of hydrogen-bond acceptors (Lipinski definition) is 3. The number of amides is 1. The number of carbonyl (C=O) groups is 1. The molecule has 0 saturated heterocycles. The third kappa shape index (κ3) is 2.56. The van der Waals surface area contributed by atoms with Gasteiger partial charge in [-0.3, -0.25) is 4.79 Å². The number of primary amides is 1. The van der Waals surface area contributed by atoms with Gasteiger partial charge in [0.2, 0.25) is 0 Å². The monoisotopic (exact) mass is 278 g/mol. The van der Waals surface area contributed by atoms with Gasteiger partial charge in [-0.1, -0.05) is 24.6 Å². The highest BCUT2D eigenvalue weighted by molar-refractivity contribution is 6.32. The first-order valence-corrected chi connectivity index (χ1v) is 6.30. The van der Waals surface area contributed by atoms with Crippen LogP contribution >= 0.6 is 11.6 Å². The second-order valence-corrected chi connectivity index (χ2v) is 4.50. The van der Waals surface area contributed by atoms with E-state index < -0.39 is 5.91 Å². The summed E-state index contributed by atoms with van der Waals surface area (Å²) in [5.41, 5.74) is 7.90. The zero-order valence-electron chi connectivity index (χ0n) is 10.8. The first-order chi connectivity index (χ1) is 9.06. The van der Waals surface area contributed by atoms with E-state index in [9.17, 15) is 4.79 Å². The van der Waals surface area contributed by atoms with E-state index in [-0.39, 0.29) is 5.69 Å². The fourth-order valence-electron chi connectivity index (χ4n) is 1.82. The van der Waals surface area contributed by atoms with Gasteiger partial charge < -0.3 is 11.1 Å². The minimum Gasteiger partial charge on any atom is -0.385 e. The molecular weight excluding hydrogens is 264 g/mol. The lowest BCUT2D eigenvalue weighted by Crippen LogP contribution is -2.14. The highest BCUT2D eigenvalue weighted by Gasteiger charge is 2.15. The summed E-state index contributed by atoms with van der Waals surface area (Å²) in [5.74, 6) is -0.579. The highest BCUT2D eigenvalue weighted by atomic mass is 35.5. The number of nitrogens with one attached hydrogen (secondary N) is 1.